The van der Waals surface area contributed by atoms with Crippen LogP contribution in [0.25, 0.3) is 0 Å². The molecule has 24 heavy (non-hydrogen) atoms. The van der Waals surface area contributed by atoms with Crippen LogP contribution >= 0.6 is 11.8 Å². The molecule has 2 heterocycles. The van der Waals surface area contributed by atoms with Gasteiger partial charge < -0.3 is 5.32 Å². The standard InChI is InChI=1S/C16H11N3O4S/c20-14-9-24-16(12-6-1-2-7-13(12)17-15(16)21)18(14)10-4-3-5-11(8-10)19(22)23/h1-8H,9H2,(H,17,21). The summed E-state index contributed by atoms with van der Waals surface area (Å²) >= 11 is 1.22. The molecule has 2 aromatic carbocycles. The number of rotatable bonds is 2. The predicted molar refractivity (Wildman–Crippen MR) is 89.8 cm³/mol. The summed E-state index contributed by atoms with van der Waals surface area (Å²) in [6.07, 6.45) is 0. The number of hydrogen-bond acceptors (Lipinski definition) is 5. The van der Waals surface area contributed by atoms with Gasteiger partial charge in [0.25, 0.3) is 11.6 Å². The normalized spacial score (nSPS) is 21.9. The van der Waals surface area contributed by atoms with E-state index in [1.54, 1.807) is 30.3 Å². The van der Waals surface area contributed by atoms with Gasteiger partial charge in [0.1, 0.15) is 0 Å². The lowest BCUT2D eigenvalue weighted by molar-refractivity contribution is -0.384. The van der Waals surface area contributed by atoms with Gasteiger partial charge in [-0.15, -0.1) is 11.8 Å². The molecule has 2 aliphatic heterocycles. The van der Waals surface area contributed by atoms with E-state index in [4.69, 9.17) is 0 Å². The van der Waals surface area contributed by atoms with Gasteiger partial charge >= 0.3 is 0 Å². The van der Waals surface area contributed by atoms with Crippen molar-refractivity contribution in [2.24, 2.45) is 0 Å². The smallest absolute Gasteiger partial charge is 0.271 e. The van der Waals surface area contributed by atoms with Gasteiger partial charge in [-0.1, -0.05) is 24.3 Å². The van der Waals surface area contributed by atoms with Crippen molar-refractivity contribution in [3.05, 3.63) is 64.2 Å². The molecule has 1 atom stereocenters. The summed E-state index contributed by atoms with van der Waals surface area (Å²) < 4.78 is 0. The zero-order chi connectivity index (χ0) is 16.9. The molecule has 2 aromatic rings. The molecular weight excluding hydrogens is 330 g/mol. The van der Waals surface area contributed by atoms with Gasteiger partial charge in [-0.05, 0) is 12.1 Å². The van der Waals surface area contributed by atoms with Crippen molar-refractivity contribution in [1.29, 1.82) is 0 Å². The Morgan fingerprint density at radius 1 is 1.17 bits per heavy atom. The fourth-order valence-corrected chi connectivity index (χ4v) is 4.44. The van der Waals surface area contributed by atoms with Crippen LogP contribution in [0.5, 0.6) is 0 Å². The lowest BCUT2D eigenvalue weighted by atomic mass is 10.0. The molecule has 0 aromatic heterocycles. The first-order chi connectivity index (χ1) is 11.5. The second kappa shape index (κ2) is 5.07. The first kappa shape index (κ1) is 14.7. The van der Waals surface area contributed by atoms with Gasteiger partial charge in [0, 0.05) is 23.4 Å². The summed E-state index contributed by atoms with van der Waals surface area (Å²) in [5, 5.41) is 13.8. The lowest BCUT2D eigenvalue weighted by Gasteiger charge is -2.32. The van der Waals surface area contributed by atoms with Gasteiger partial charge in [0.05, 0.1) is 16.4 Å². The minimum Gasteiger partial charge on any atom is -0.323 e. The molecule has 0 saturated carbocycles. The number of thioether (sulfide) groups is 1. The van der Waals surface area contributed by atoms with Crippen molar-refractivity contribution in [3.63, 3.8) is 0 Å². The summed E-state index contributed by atoms with van der Waals surface area (Å²) in [5.74, 6) is -0.442. The average Bonchev–Trinajstić information content (AvgIpc) is 3.07. The van der Waals surface area contributed by atoms with Crippen molar-refractivity contribution in [1.82, 2.24) is 0 Å². The number of nitro groups is 1. The lowest BCUT2D eigenvalue weighted by Crippen LogP contribution is -2.47. The van der Waals surface area contributed by atoms with E-state index in [9.17, 15) is 19.7 Å². The van der Waals surface area contributed by atoms with Crippen LogP contribution in [0.3, 0.4) is 0 Å². The molecule has 7 nitrogen and oxygen atoms in total. The van der Waals surface area contributed by atoms with Gasteiger partial charge in [-0.3, -0.25) is 24.6 Å². The van der Waals surface area contributed by atoms with Gasteiger partial charge in [-0.25, -0.2) is 0 Å². The number of nitro benzene ring substituents is 1. The van der Waals surface area contributed by atoms with Crippen LogP contribution < -0.4 is 10.2 Å². The van der Waals surface area contributed by atoms with Crippen molar-refractivity contribution in [2.75, 3.05) is 16.0 Å². The highest BCUT2D eigenvalue weighted by atomic mass is 32.2. The van der Waals surface area contributed by atoms with Gasteiger partial charge in [0.15, 0.2) is 0 Å². The molecule has 0 aliphatic carbocycles. The SMILES string of the molecule is O=C1CSC2(C(=O)Nc3ccccc32)N1c1cccc([N+](=O)[O-])c1. The second-order valence-corrected chi connectivity index (χ2v) is 6.61. The minimum absolute atomic E-state index is 0.126. The van der Waals surface area contributed by atoms with Crippen molar-refractivity contribution >= 4 is 40.6 Å². The monoisotopic (exact) mass is 341 g/mol. The van der Waals surface area contributed by atoms with E-state index >= 15 is 0 Å². The number of hydrogen-bond donors (Lipinski definition) is 1. The number of nitrogens with one attached hydrogen (secondary N) is 1. The summed E-state index contributed by atoms with van der Waals surface area (Å²) in [6, 6.07) is 13.0. The third-order valence-electron chi connectivity index (χ3n) is 4.12. The number of amides is 2. The molecular formula is C16H11N3O4S. The molecule has 1 spiro atoms. The fraction of sp³-hybridized carbons (Fsp3) is 0.125. The second-order valence-electron chi connectivity index (χ2n) is 5.44. The zero-order valence-corrected chi connectivity index (χ0v) is 13.1. The Bertz CT molecular complexity index is 900. The molecule has 1 saturated heterocycles. The van der Waals surface area contributed by atoms with E-state index in [0.29, 0.717) is 16.9 Å². The molecule has 0 radical (unpaired) electrons. The largest absolute Gasteiger partial charge is 0.323 e. The van der Waals surface area contributed by atoms with Crippen LogP contribution in [-0.4, -0.2) is 22.5 Å². The topological polar surface area (TPSA) is 92.6 Å². The van der Waals surface area contributed by atoms with Crippen LogP contribution in [0.2, 0.25) is 0 Å². The highest BCUT2D eigenvalue weighted by Crippen LogP contribution is 2.53. The third-order valence-corrected chi connectivity index (χ3v) is 5.51. The number of nitrogens with zero attached hydrogens (tertiary/aromatic N) is 2. The number of carbonyl (C=O) groups is 2. The molecule has 2 amide bonds. The Kier molecular flexibility index (Phi) is 3.10. The number of anilines is 2. The maximum absolute atomic E-state index is 12.7. The summed E-state index contributed by atoms with van der Waals surface area (Å²) in [6.45, 7) is 0. The van der Waals surface area contributed by atoms with Crippen LogP contribution in [0.1, 0.15) is 5.56 Å². The highest BCUT2D eigenvalue weighted by molar-refractivity contribution is 8.02. The Morgan fingerprint density at radius 3 is 2.75 bits per heavy atom. The van der Waals surface area contributed by atoms with E-state index in [-0.39, 0.29) is 23.3 Å². The Labute approximate surface area is 140 Å². The molecule has 2 aliphatic rings. The van der Waals surface area contributed by atoms with Crippen molar-refractivity contribution in [3.8, 4) is 0 Å². The number of non-ortho nitro benzene ring substituents is 1. The Balaban J connectivity index is 1.91. The molecule has 1 unspecified atom stereocenters. The number of fused-ring (bicyclic) bond motifs is 2. The van der Waals surface area contributed by atoms with Crippen LogP contribution in [0, 0.1) is 10.1 Å². The number of benzene rings is 2. The zero-order valence-electron chi connectivity index (χ0n) is 12.3. The quantitative estimate of drug-likeness (QED) is 0.669. The minimum atomic E-state index is -1.22. The average molecular weight is 341 g/mol. The van der Waals surface area contributed by atoms with Crippen molar-refractivity contribution in [2.45, 2.75) is 4.87 Å². The number of para-hydroxylation sites is 1. The first-order valence-corrected chi connectivity index (χ1v) is 8.15. The molecule has 8 heteroatoms. The maximum atomic E-state index is 12.7. The Morgan fingerprint density at radius 2 is 1.96 bits per heavy atom. The van der Waals surface area contributed by atoms with Crippen molar-refractivity contribution < 1.29 is 14.5 Å². The van der Waals surface area contributed by atoms with Crippen LogP contribution in [-0.2, 0) is 14.5 Å². The summed E-state index contributed by atoms with van der Waals surface area (Å²) in [7, 11) is 0. The highest BCUT2D eigenvalue weighted by Gasteiger charge is 2.58. The van der Waals surface area contributed by atoms with Crippen LogP contribution in [0.4, 0.5) is 17.1 Å². The molecule has 1 N–H and O–H groups in total. The van der Waals surface area contributed by atoms with E-state index in [1.165, 1.54) is 34.9 Å². The molecule has 120 valence electrons. The first-order valence-electron chi connectivity index (χ1n) is 7.16. The molecule has 1 fully saturated rings. The van der Waals surface area contributed by atoms with E-state index in [2.05, 4.69) is 5.32 Å². The fourth-order valence-electron chi connectivity index (χ4n) is 3.12. The predicted octanol–water partition coefficient (Wildman–Crippen LogP) is 2.48. The van der Waals surface area contributed by atoms with E-state index < -0.39 is 9.79 Å². The van der Waals surface area contributed by atoms with Gasteiger partial charge in [0.2, 0.25) is 10.8 Å². The molecule has 0 bridgehead atoms. The Hall–Kier alpha value is -2.87. The number of carbonyl (C=O) groups excluding carboxylic acids is 2. The summed E-state index contributed by atoms with van der Waals surface area (Å²) in [4.78, 5) is 35.9. The third kappa shape index (κ3) is 1.86. The van der Waals surface area contributed by atoms with Crippen LogP contribution in [0.15, 0.2) is 48.5 Å². The van der Waals surface area contributed by atoms with E-state index in [1.807, 2.05) is 0 Å². The maximum Gasteiger partial charge on any atom is 0.271 e. The summed E-state index contributed by atoms with van der Waals surface area (Å²) in [5.41, 5.74) is 1.56. The van der Waals surface area contributed by atoms with Gasteiger partial charge in [-0.2, -0.15) is 0 Å². The van der Waals surface area contributed by atoms with E-state index in [0.717, 1.165) is 0 Å². The molecule has 4 rings (SSSR count).